The molecule has 0 saturated carbocycles. The molecule has 1 heterocycles. The van der Waals surface area contributed by atoms with Crippen LogP contribution in [0.5, 0.6) is 0 Å². The largest absolute Gasteiger partial charge is 0.325 e. The summed E-state index contributed by atoms with van der Waals surface area (Å²) in [5, 5.41) is 3.63. The number of nitrogens with zero attached hydrogens (tertiary/aromatic N) is 1. The van der Waals surface area contributed by atoms with Crippen molar-refractivity contribution in [3.05, 3.63) is 29.3 Å². The van der Waals surface area contributed by atoms with Gasteiger partial charge >= 0.3 is 0 Å². The summed E-state index contributed by atoms with van der Waals surface area (Å²) in [6, 6.07) is 7.12. The van der Waals surface area contributed by atoms with E-state index < -0.39 is 0 Å². The molecule has 1 aromatic carbocycles. The molecule has 0 bridgehead atoms. The van der Waals surface area contributed by atoms with Crippen molar-refractivity contribution in [3.8, 4) is 0 Å². The molecule has 110 valence electrons. The average molecular weight is 295 g/mol. The quantitative estimate of drug-likeness (QED) is 0.923. The number of rotatable bonds is 3. The minimum atomic E-state index is -0.101. The van der Waals surface area contributed by atoms with Crippen LogP contribution in [0.2, 0.25) is 5.02 Å². The lowest BCUT2D eigenvalue weighted by molar-refractivity contribution is -0.121. The fraction of sp³-hybridized carbons (Fsp3) is 0.562. The van der Waals surface area contributed by atoms with E-state index in [-0.39, 0.29) is 11.9 Å². The maximum absolute atomic E-state index is 12.3. The molecule has 1 aliphatic heterocycles. The van der Waals surface area contributed by atoms with Crippen molar-refractivity contribution in [2.24, 2.45) is 11.8 Å². The number of amides is 1. The van der Waals surface area contributed by atoms with Crippen LogP contribution in [0.3, 0.4) is 0 Å². The number of hydrogen-bond donors (Lipinski definition) is 1. The van der Waals surface area contributed by atoms with Crippen LogP contribution in [0.25, 0.3) is 0 Å². The molecular weight excluding hydrogens is 272 g/mol. The summed E-state index contributed by atoms with van der Waals surface area (Å²) in [6.45, 7) is 8.49. The van der Waals surface area contributed by atoms with E-state index in [1.807, 2.05) is 19.1 Å². The summed E-state index contributed by atoms with van der Waals surface area (Å²) in [5.41, 5.74) is 0.796. The minimum absolute atomic E-state index is 0.0497. The molecular formula is C16H23ClN2O. The lowest BCUT2D eigenvalue weighted by atomic mass is 9.91. The van der Waals surface area contributed by atoms with Gasteiger partial charge in [-0.1, -0.05) is 25.4 Å². The Hall–Kier alpha value is -1.06. The molecule has 20 heavy (non-hydrogen) atoms. The second kappa shape index (κ2) is 6.59. The first-order valence-corrected chi connectivity index (χ1v) is 7.64. The topological polar surface area (TPSA) is 32.3 Å². The van der Waals surface area contributed by atoms with Crippen LogP contribution in [-0.2, 0) is 4.79 Å². The van der Waals surface area contributed by atoms with E-state index in [0.717, 1.165) is 18.8 Å². The Morgan fingerprint density at radius 1 is 1.25 bits per heavy atom. The Morgan fingerprint density at radius 3 is 2.35 bits per heavy atom. The highest BCUT2D eigenvalue weighted by Gasteiger charge is 2.28. The Morgan fingerprint density at radius 2 is 1.80 bits per heavy atom. The Labute approximate surface area is 126 Å². The van der Waals surface area contributed by atoms with Crippen molar-refractivity contribution in [2.75, 3.05) is 18.4 Å². The second-order valence-corrected chi connectivity index (χ2v) is 6.51. The van der Waals surface area contributed by atoms with E-state index in [0.29, 0.717) is 16.9 Å². The van der Waals surface area contributed by atoms with Gasteiger partial charge < -0.3 is 5.32 Å². The molecule has 2 rings (SSSR count). The van der Waals surface area contributed by atoms with Gasteiger partial charge in [-0.15, -0.1) is 0 Å². The number of halogens is 1. The average Bonchev–Trinajstić information content (AvgIpc) is 2.39. The third-order valence-electron chi connectivity index (χ3n) is 3.94. The van der Waals surface area contributed by atoms with Gasteiger partial charge in [0.25, 0.3) is 0 Å². The van der Waals surface area contributed by atoms with Crippen molar-refractivity contribution >= 4 is 23.2 Å². The number of anilines is 1. The first-order valence-electron chi connectivity index (χ1n) is 7.26. The first kappa shape index (κ1) is 15.3. The van der Waals surface area contributed by atoms with Gasteiger partial charge in [0, 0.05) is 23.8 Å². The van der Waals surface area contributed by atoms with E-state index in [1.165, 1.54) is 6.42 Å². The lowest BCUT2D eigenvalue weighted by Crippen LogP contribution is -2.48. The predicted molar refractivity (Wildman–Crippen MR) is 84.1 cm³/mol. The zero-order chi connectivity index (χ0) is 14.7. The summed E-state index contributed by atoms with van der Waals surface area (Å²) in [7, 11) is 0. The van der Waals surface area contributed by atoms with Crippen LogP contribution in [0, 0.1) is 11.8 Å². The molecule has 0 unspecified atom stereocenters. The number of nitrogens with one attached hydrogen (secondary N) is 1. The monoisotopic (exact) mass is 294 g/mol. The van der Waals surface area contributed by atoms with Crippen LogP contribution in [0.4, 0.5) is 5.69 Å². The standard InChI is InChI=1S/C16H23ClN2O/c1-11-8-12(2)10-19(9-11)13(3)16(20)18-15-6-4-14(17)5-7-15/h4-7,11-13H,8-10H2,1-3H3,(H,18,20)/t11-,12-,13-/m1/s1. The zero-order valence-corrected chi connectivity index (χ0v) is 13.2. The molecule has 3 atom stereocenters. The minimum Gasteiger partial charge on any atom is -0.325 e. The summed E-state index contributed by atoms with van der Waals surface area (Å²) >= 11 is 5.84. The molecule has 1 aliphatic rings. The maximum Gasteiger partial charge on any atom is 0.241 e. The fourth-order valence-electron chi connectivity index (χ4n) is 2.97. The van der Waals surface area contributed by atoms with Crippen molar-refractivity contribution in [2.45, 2.75) is 33.2 Å². The molecule has 3 nitrogen and oxygen atoms in total. The number of benzene rings is 1. The molecule has 0 aliphatic carbocycles. The molecule has 1 aromatic rings. The van der Waals surface area contributed by atoms with Gasteiger partial charge in [0.1, 0.15) is 0 Å². The van der Waals surface area contributed by atoms with Gasteiger partial charge in [0.05, 0.1) is 6.04 Å². The Kier molecular flexibility index (Phi) is 5.06. The van der Waals surface area contributed by atoms with E-state index >= 15 is 0 Å². The summed E-state index contributed by atoms with van der Waals surface area (Å²) < 4.78 is 0. The molecule has 0 spiro atoms. The van der Waals surface area contributed by atoms with Crippen molar-refractivity contribution < 1.29 is 4.79 Å². The third-order valence-corrected chi connectivity index (χ3v) is 4.19. The van der Waals surface area contributed by atoms with E-state index in [9.17, 15) is 4.79 Å². The Bertz CT molecular complexity index is 450. The lowest BCUT2D eigenvalue weighted by Gasteiger charge is -2.38. The van der Waals surface area contributed by atoms with Crippen LogP contribution in [0.1, 0.15) is 27.2 Å². The molecule has 1 fully saturated rings. The number of hydrogen-bond acceptors (Lipinski definition) is 2. The van der Waals surface area contributed by atoms with Gasteiger partial charge in [-0.05, 0) is 49.4 Å². The SMILES string of the molecule is C[C@@H]1C[C@@H](C)CN([C@H](C)C(=O)Nc2ccc(Cl)cc2)C1. The first-order chi connectivity index (χ1) is 9.45. The highest BCUT2D eigenvalue weighted by atomic mass is 35.5. The number of carbonyl (C=O) groups excluding carboxylic acids is 1. The van der Waals surface area contributed by atoms with Crippen molar-refractivity contribution in [3.63, 3.8) is 0 Å². The smallest absolute Gasteiger partial charge is 0.241 e. The molecule has 1 N–H and O–H groups in total. The number of likely N-dealkylation sites (tertiary alicyclic amines) is 1. The molecule has 1 saturated heterocycles. The second-order valence-electron chi connectivity index (χ2n) is 6.07. The third kappa shape index (κ3) is 3.97. The van der Waals surface area contributed by atoms with E-state index in [2.05, 4.69) is 24.1 Å². The van der Waals surface area contributed by atoms with Crippen molar-refractivity contribution in [1.29, 1.82) is 0 Å². The van der Waals surface area contributed by atoms with E-state index in [1.54, 1.807) is 12.1 Å². The van der Waals surface area contributed by atoms with E-state index in [4.69, 9.17) is 11.6 Å². The highest BCUT2D eigenvalue weighted by Crippen LogP contribution is 2.23. The maximum atomic E-state index is 12.3. The molecule has 1 amide bonds. The van der Waals surface area contributed by atoms with Crippen LogP contribution < -0.4 is 5.32 Å². The summed E-state index contributed by atoms with van der Waals surface area (Å²) in [5.74, 6) is 1.36. The number of carbonyl (C=O) groups is 1. The molecule has 4 heteroatoms. The predicted octanol–water partition coefficient (Wildman–Crippen LogP) is 3.64. The van der Waals surface area contributed by atoms with Gasteiger partial charge in [-0.25, -0.2) is 0 Å². The highest BCUT2D eigenvalue weighted by molar-refractivity contribution is 6.30. The summed E-state index contributed by atoms with van der Waals surface area (Å²) in [6.07, 6.45) is 1.25. The molecule has 0 radical (unpaired) electrons. The van der Waals surface area contributed by atoms with Gasteiger partial charge in [0.2, 0.25) is 5.91 Å². The normalized spacial score (nSPS) is 25.2. The molecule has 0 aromatic heterocycles. The van der Waals surface area contributed by atoms with Crippen LogP contribution >= 0.6 is 11.6 Å². The van der Waals surface area contributed by atoms with Gasteiger partial charge in [-0.2, -0.15) is 0 Å². The summed E-state index contributed by atoms with van der Waals surface area (Å²) in [4.78, 5) is 14.6. The number of piperidine rings is 1. The fourth-order valence-corrected chi connectivity index (χ4v) is 3.10. The zero-order valence-electron chi connectivity index (χ0n) is 12.4. The van der Waals surface area contributed by atoms with Gasteiger partial charge in [-0.3, -0.25) is 9.69 Å². The van der Waals surface area contributed by atoms with Crippen LogP contribution in [-0.4, -0.2) is 29.9 Å². The van der Waals surface area contributed by atoms with Crippen molar-refractivity contribution in [1.82, 2.24) is 4.90 Å². The van der Waals surface area contributed by atoms with Crippen LogP contribution in [0.15, 0.2) is 24.3 Å². The van der Waals surface area contributed by atoms with Gasteiger partial charge in [0.15, 0.2) is 0 Å². The Balaban J connectivity index is 1.96.